The number of hydrogen-bond donors (Lipinski definition) is 0. The quantitative estimate of drug-likeness (QED) is 0.277. The number of hydrogen-bond acceptors (Lipinski definition) is 5. The Morgan fingerprint density at radius 2 is 1.56 bits per heavy atom. The highest BCUT2D eigenvalue weighted by Crippen LogP contribution is 2.29. The van der Waals surface area contributed by atoms with Gasteiger partial charge < -0.3 is 9.47 Å². The minimum absolute atomic E-state index is 0.0975. The van der Waals surface area contributed by atoms with Crippen LogP contribution >= 0.6 is 0 Å². The molecule has 1 aliphatic rings. The van der Waals surface area contributed by atoms with Crippen molar-refractivity contribution in [3.63, 3.8) is 0 Å². The fraction of sp³-hybridized carbons (Fsp3) is 0.364. The van der Waals surface area contributed by atoms with Crippen LogP contribution in [-0.2, 0) is 31.9 Å². The minimum Gasteiger partial charge on any atom is -0.460 e. The molecular weight excluding hydrogens is 490 g/mol. The van der Waals surface area contributed by atoms with E-state index in [9.17, 15) is 14.4 Å². The van der Waals surface area contributed by atoms with Gasteiger partial charge in [0.2, 0.25) is 5.91 Å². The van der Waals surface area contributed by atoms with Crippen molar-refractivity contribution in [3.8, 4) is 11.1 Å². The number of carbonyl (C=O) groups excluding carboxylic acids is 3. The second-order valence-corrected chi connectivity index (χ2v) is 11.0. The molecule has 0 aliphatic carbocycles. The number of cyclic esters (lactones) is 1. The van der Waals surface area contributed by atoms with Crippen molar-refractivity contribution in [3.05, 3.63) is 96.1 Å². The summed E-state index contributed by atoms with van der Waals surface area (Å²) in [5.41, 5.74) is 3.75. The first kappa shape index (κ1) is 28.1. The number of aryl methyl sites for hydroxylation is 1. The monoisotopic (exact) mass is 527 g/mol. The van der Waals surface area contributed by atoms with Gasteiger partial charge in [0.1, 0.15) is 12.2 Å². The largest absolute Gasteiger partial charge is 0.460 e. The Labute approximate surface area is 230 Å². The van der Waals surface area contributed by atoms with Crippen LogP contribution in [0.2, 0.25) is 0 Å². The van der Waals surface area contributed by atoms with Crippen LogP contribution in [-0.4, -0.2) is 41.1 Å². The van der Waals surface area contributed by atoms with Crippen molar-refractivity contribution in [1.29, 1.82) is 0 Å². The zero-order valence-corrected chi connectivity index (χ0v) is 23.0. The SMILES string of the molecule is CC(C)(C)OC(=O)CC[C@@H](CCc1ccccc1-c1ccccc1)C(=O)N1C(=O)OC[C@@H]1Cc1ccccc1. The Morgan fingerprint density at radius 1 is 0.923 bits per heavy atom. The van der Waals surface area contributed by atoms with Gasteiger partial charge in [-0.3, -0.25) is 9.59 Å². The smallest absolute Gasteiger partial charge is 0.416 e. The van der Waals surface area contributed by atoms with Crippen molar-refractivity contribution >= 4 is 18.0 Å². The molecule has 1 saturated heterocycles. The topological polar surface area (TPSA) is 72.9 Å². The molecule has 3 aromatic rings. The second-order valence-electron chi connectivity index (χ2n) is 11.0. The molecule has 0 saturated carbocycles. The lowest BCUT2D eigenvalue weighted by molar-refractivity contribution is -0.155. The van der Waals surface area contributed by atoms with Crippen LogP contribution in [0.25, 0.3) is 11.1 Å². The van der Waals surface area contributed by atoms with E-state index in [1.165, 1.54) is 4.90 Å². The van der Waals surface area contributed by atoms with Crippen LogP contribution in [0.5, 0.6) is 0 Å². The van der Waals surface area contributed by atoms with Crippen LogP contribution in [0.1, 0.15) is 51.2 Å². The number of amides is 2. The third-order valence-corrected chi connectivity index (χ3v) is 6.84. The maximum absolute atomic E-state index is 13.9. The van der Waals surface area contributed by atoms with Crippen molar-refractivity contribution in [2.75, 3.05) is 6.61 Å². The molecule has 0 aromatic heterocycles. The summed E-state index contributed by atoms with van der Waals surface area (Å²) in [6, 6.07) is 27.7. The van der Waals surface area contributed by atoms with Gasteiger partial charge in [-0.1, -0.05) is 84.9 Å². The first-order valence-corrected chi connectivity index (χ1v) is 13.6. The fourth-order valence-corrected chi connectivity index (χ4v) is 5.01. The average molecular weight is 528 g/mol. The molecular formula is C33H37NO5. The van der Waals surface area contributed by atoms with Gasteiger partial charge in [-0.05, 0) is 68.7 Å². The van der Waals surface area contributed by atoms with E-state index in [0.29, 0.717) is 25.7 Å². The maximum Gasteiger partial charge on any atom is 0.416 e. The van der Waals surface area contributed by atoms with Crippen molar-refractivity contribution < 1.29 is 23.9 Å². The number of esters is 1. The molecule has 1 heterocycles. The molecule has 0 bridgehead atoms. The maximum atomic E-state index is 13.9. The normalized spacial score (nSPS) is 16.0. The van der Waals surface area contributed by atoms with E-state index in [1.54, 1.807) is 0 Å². The highest BCUT2D eigenvalue weighted by atomic mass is 16.6. The van der Waals surface area contributed by atoms with Gasteiger partial charge in [-0.2, -0.15) is 0 Å². The molecule has 0 spiro atoms. The number of ether oxygens (including phenoxy) is 2. The van der Waals surface area contributed by atoms with E-state index >= 15 is 0 Å². The Kier molecular flexibility index (Phi) is 9.18. The lowest BCUT2D eigenvalue weighted by Crippen LogP contribution is -2.44. The average Bonchev–Trinajstić information content (AvgIpc) is 3.28. The zero-order valence-electron chi connectivity index (χ0n) is 23.0. The highest BCUT2D eigenvalue weighted by Gasteiger charge is 2.40. The lowest BCUT2D eigenvalue weighted by Gasteiger charge is -2.26. The van der Waals surface area contributed by atoms with Gasteiger partial charge in [0.15, 0.2) is 0 Å². The number of nitrogens with zero attached hydrogens (tertiary/aromatic N) is 1. The van der Waals surface area contributed by atoms with E-state index in [4.69, 9.17) is 9.47 Å². The molecule has 0 radical (unpaired) electrons. The summed E-state index contributed by atoms with van der Waals surface area (Å²) in [7, 11) is 0. The second kappa shape index (κ2) is 12.7. The molecule has 3 aromatic carbocycles. The van der Waals surface area contributed by atoms with Gasteiger partial charge >= 0.3 is 12.1 Å². The number of rotatable bonds is 10. The molecule has 4 rings (SSSR count). The summed E-state index contributed by atoms with van der Waals surface area (Å²) >= 11 is 0. The predicted molar refractivity (Wildman–Crippen MR) is 151 cm³/mol. The first-order chi connectivity index (χ1) is 18.7. The third kappa shape index (κ3) is 7.79. The van der Waals surface area contributed by atoms with Crippen LogP contribution in [0.3, 0.4) is 0 Å². The van der Waals surface area contributed by atoms with Crippen molar-refractivity contribution in [1.82, 2.24) is 4.90 Å². The molecule has 0 unspecified atom stereocenters. The molecule has 0 N–H and O–H groups in total. The number of carbonyl (C=O) groups is 3. The molecule has 1 aliphatic heterocycles. The van der Waals surface area contributed by atoms with Crippen LogP contribution in [0.15, 0.2) is 84.9 Å². The van der Waals surface area contributed by atoms with Crippen LogP contribution in [0.4, 0.5) is 4.79 Å². The fourth-order valence-electron chi connectivity index (χ4n) is 5.01. The summed E-state index contributed by atoms with van der Waals surface area (Å²) in [6.07, 6.45) is 1.42. The van der Waals surface area contributed by atoms with Gasteiger partial charge in [-0.25, -0.2) is 9.69 Å². The van der Waals surface area contributed by atoms with E-state index in [2.05, 4.69) is 24.3 Å². The summed E-state index contributed by atoms with van der Waals surface area (Å²) in [6.45, 7) is 5.63. The number of benzene rings is 3. The predicted octanol–water partition coefficient (Wildman–Crippen LogP) is 6.61. The summed E-state index contributed by atoms with van der Waals surface area (Å²) < 4.78 is 10.8. The van der Waals surface area contributed by atoms with Crippen LogP contribution in [0, 0.1) is 5.92 Å². The van der Waals surface area contributed by atoms with Gasteiger partial charge in [0, 0.05) is 12.3 Å². The van der Waals surface area contributed by atoms with E-state index in [0.717, 1.165) is 22.3 Å². The Hall–Kier alpha value is -3.93. The highest BCUT2D eigenvalue weighted by molar-refractivity contribution is 5.95. The lowest BCUT2D eigenvalue weighted by atomic mass is 9.90. The Morgan fingerprint density at radius 3 is 2.26 bits per heavy atom. The van der Waals surface area contributed by atoms with E-state index in [1.807, 2.05) is 81.4 Å². The molecule has 2 amide bonds. The Bertz CT molecular complexity index is 1270. The molecule has 2 atom stereocenters. The van der Waals surface area contributed by atoms with Crippen LogP contribution < -0.4 is 0 Å². The number of imide groups is 1. The summed E-state index contributed by atoms with van der Waals surface area (Å²) in [5.74, 6) is -1.18. The van der Waals surface area contributed by atoms with Gasteiger partial charge in [-0.15, -0.1) is 0 Å². The molecule has 204 valence electrons. The minimum atomic E-state index is -0.618. The van der Waals surface area contributed by atoms with Crippen molar-refractivity contribution in [2.45, 2.75) is 64.5 Å². The summed E-state index contributed by atoms with van der Waals surface area (Å²) in [4.78, 5) is 40.5. The van der Waals surface area contributed by atoms with Crippen molar-refractivity contribution in [2.24, 2.45) is 5.92 Å². The van der Waals surface area contributed by atoms with E-state index < -0.39 is 17.6 Å². The molecule has 6 nitrogen and oxygen atoms in total. The standard InChI is InChI=1S/C33H37NO5/c1-33(2,3)39-30(35)21-20-27(19-18-26-16-10-11-17-29(26)25-14-8-5-9-15-25)31(36)34-28(23-38-32(34)37)22-24-12-6-4-7-13-24/h4-17,27-28H,18-23H2,1-3H3/t27-,28+/m1/s1. The molecule has 39 heavy (non-hydrogen) atoms. The Balaban J connectivity index is 1.54. The van der Waals surface area contributed by atoms with E-state index in [-0.39, 0.29) is 30.9 Å². The van der Waals surface area contributed by atoms with Gasteiger partial charge in [0.05, 0.1) is 6.04 Å². The third-order valence-electron chi connectivity index (χ3n) is 6.84. The zero-order chi connectivity index (χ0) is 27.8. The first-order valence-electron chi connectivity index (χ1n) is 13.6. The molecule has 6 heteroatoms. The molecule has 1 fully saturated rings. The summed E-state index contributed by atoms with van der Waals surface area (Å²) in [5, 5.41) is 0. The van der Waals surface area contributed by atoms with Gasteiger partial charge in [0.25, 0.3) is 0 Å².